The van der Waals surface area contributed by atoms with Crippen LogP contribution in [-0.4, -0.2) is 77.1 Å². The molecule has 5 rings (SSSR count). The molecule has 3 atom stereocenters. The molecule has 2 fully saturated rings. The van der Waals surface area contributed by atoms with Gasteiger partial charge >= 0.3 is 5.97 Å². The highest BCUT2D eigenvalue weighted by atomic mass is 19.1. The molecule has 10 nitrogen and oxygen atoms in total. The molecular formula is C34H42FN3O7. The maximum absolute atomic E-state index is 14.4. The summed E-state index contributed by atoms with van der Waals surface area (Å²) in [7, 11) is 0. The molecule has 1 N–H and O–H groups in total. The molecule has 242 valence electrons. The van der Waals surface area contributed by atoms with E-state index in [-0.39, 0.29) is 75.3 Å². The van der Waals surface area contributed by atoms with E-state index < -0.39 is 23.8 Å². The molecular weight excluding hydrogens is 581 g/mol. The van der Waals surface area contributed by atoms with E-state index in [1.807, 2.05) is 11.0 Å². The number of carbonyl (C=O) groups is 4. The van der Waals surface area contributed by atoms with Crippen molar-refractivity contribution in [2.24, 2.45) is 5.92 Å². The fraction of sp³-hybridized carbons (Fsp3) is 0.529. The minimum absolute atomic E-state index is 0.0717. The van der Waals surface area contributed by atoms with E-state index in [0.717, 1.165) is 31.2 Å². The molecule has 3 amide bonds. The molecule has 0 aromatic heterocycles. The van der Waals surface area contributed by atoms with Crippen LogP contribution in [0.1, 0.15) is 75.8 Å². The van der Waals surface area contributed by atoms with Crippen molar-refractivity contribution in [3.05, 3.63) is 53.3 Å². The average molecular weight is 624 g/mol. The van der Waals surface area contributed by atoms with Crippen molar-refractivity contribution in [2.45, 2.75) is 83.7 Å². The number of rotatable bonds is 13. The number of imide groups is 1. The number of hydrogen-bond donors (Lipinski definition) is 1. The van der Waals surface area contributed by atoms with Gasteiger partial charge in [0.2, 0.25) is 24.5 Å². The van der Waals surface area contributed by atoms with Gasteiger partial charge in [0.25, 0.3) is 0 Å². The van der Waals surface area contributed by atoms with Crippen molar-refractivity contribution < 1.29 is 38.1 Å². The van der Waals surface area contributed by atoms with Crippen molar-refractivity contribution in [1.29, 1.82) is 0 Å². The molecule has 0 bridgehead atoms. The Morgan fingerprint density at radius 3 is 2.36 bits per heavy atom. The maximum atomic E-state index is 14.4. The molecule has 0 spiro atoms. The summed E-state index contributed by atoms with van der Waals surface area (Å²) >= 11 is 0. The number of aliphatic carboxylic acids is 1. The first kappa shape index (κ1) is 32.4. The number of carboxylic acids is 1. The molecule has 11 heteroatoms. The zero-order chi connectivity index (χ0) is 32.2. The second-order valence-electron chi connectivity index (χ2n) is 12.2. The van der Waals surface area contributed by atoms with E-state index in [1.165, 1.54) is 11.0 Å². The highest BCUT2D eigenvalue weighted by Gasteiger charge is 2.48. The first-order chi connectivity index (χ1) is 21.6. The molecule has 3 aliphatic rings. The predicted molar refractivity (Wildman–Crippen MR) is 165 cm³/mol. The Hall–Kier alpha value is -3.99. The normalized spacial score (nSPS) is 21.3. The van der Waals surface area contributed by atoms with E-state index in [0.29, 0.717) is 22.7 Å². The number of halogens is 1. The number of anilines is 1. The van der Waals surface area contributed by atoms with Gasteiger partial charge in [0.1, 0.15) is 5.82 Å². The molecule has 3 heterocycles. The summed E-state index contributed by atoms with van der Waals surface area (Å²) in [5, 5.41) is 10.6. The summed E-state index contributed by atoms with van der Waals surface area (Å²) in [4.78, 5) is 57.0. The third-order valence-electron chi connectivity index (χ3n) is 9.30. The minimum Gasteiger partial charge on any atom is -0.481 e. The summed E-state index contributed by atoms with van der Waals surface area (Å²) in [6, 6.07) is 9.33. The first-order valence-electron chi connectivity index (χ1n) is 15.9. The number of benzene rings is 2. The van der Waals surface area contributed by atoms with E-state index in [4.69, 9.17) is 9.47 Å². The molecule has 0 radical (unpaired) electrons. The van der Waals surface area contributed by atoms with Gasteiger partial charge in [0, 0.05) is 49.6 Å². The Kier molecular flexibility index (Phi) is 10.1. The summed E-state index contributed by atoms with van der Waals surface area (Å²) in [6.45, 7) is 6.16. The van der Waals surface area contributed by atoms with Crippen LogP contribution in [0.2, 0.25) is 0 Å². The standard InChI is InChI=1S/C34H42FN3O7/c1-4-6-23(7-5-2)38(24-9-10-26(35)21(3)16-24)32(41)19-36-18-25(22-8-11-28-29(17-22)45-20-44-28)33(34(42)43)27(36)14-15-37-30(39)12-13-31(37)40/h8-11,16-17,23,25,27,33H,4-7,12-15,18-20H2,1-3H3,(H,42,43). The van der Waals surface area contributed by atoms with E-state index >= 15 is 0 Å². The van der Waals surface area contributed by atoms with Gasteiger partial charge in [-0.25, -0.2) is 4.39 Å². The van der Waals surface area contributed by atoms with E-state index in [9.17, 15) is 28.7 Å². The topological polar surface area (TPSA) is 117 Å². The van der Waals surface area contributed by atoms with E-state index in [2.05, 4.69) is 13.8 Å². The molecule has 3 unspecified atom stereocenters. The Morgan fingerprint density at radius 1 is 1.02 bits per heavy atom. The number of ether oxygens (including phenoxy) is 2. The Morgan fingerprint density at radius 2 is 1.71 bits per heavy atom. The Balaban J connectivity index is 1.49. The van der Waals surface area contributed by atoms with Gasteiger partial charge in [-0.2, -0.15) is 0 Å². The summed E-state index contributed by atoms with van der Waals surface area (Å²) < 4.78 is 25.3. The van der Waals surface area contributed by atoms with Crippen LogP contribution in [0.25, 0.3) is 0 Å². The number of carboxylic acid groups (broad SMARTS) is 1. The largest absolute Gasteiger partial charge is 0.481 e. The third-order valence-corrected chi connectivity index (χ3v) is 9.30. The fourth-order valence-corrected chi connectivity index (χ4v) is 7.12. The molecule has 2 aromatic carbocycles. The third kappa shape index (κ3) is 6.83. The molecule has 0 aliphatic carbocycles. The quantitative estimate of drug-likeness (QED) is 0.314. The highest BCUT2D eigenvalue weighted by Crippen LogP contribution is 2.43. The van der Waals surface area contributed by atoms with E-state index in [1.54, 1.807) is 36.1 Å². The number of amides is 3. The van der Waals surface area contributed by atoms with Gasteiger partial charge in [-0.05, 0) is 67.6 Å². The van der Waals surface area contributed by atoms with Crippen molar-refractivity contribution in [2.75, 3.05) is 31.3 Å². The molecule has 2 aromatic rings. The Labute approximate surface area is 263 Å². The fourth-order valence-electron chi connectivity index (χ4n) is 7.12. The summed E-state index contributed by atoms with van der Waals surface area (Å²) in [5.41, 5.74) is 1.79. The van der Waals surface area contributed by atoms with Gasteiger partial charge in [0.15, 0.2) is 11.5 Å². The van der Waals surface area contributed by atoms with Gasteiger partial charge < -0.3 is 19.5 Å². The molecule has 2 saturated heterocycles. The van der Waals surface area contributed by atoms with Crippen molar-refractivity contribution >= 4 is 29.4 Å². The van der Waals surface area contributed by atoms with Crippen LogP contribution in [0, 0.1) is 18.7 Å². The Bertz CT molecular complexity index is 1430. The lowest BCUT2D eigenvalue weighted by Crippen LogP contribution is -2.48. The van der Waals surface area contributed by atoms with Crippen molar-refractivity contribution in [1.82, 2.24) is 9.80 Å². The average Bonchev–Trinajstić information content (AvgIpc) is 3.71. The van der Waals surface area contributed by atoms with Crippen LogP contribution < -0.4 is 14.4 Å². The van der Waals surface area contributed by atoms with Crippen LogP contribution >= 0.6 is 0 Å². The second-order valence-corrected chi connectivity index (χ2v) is 12.2. The maximum Gasteiger partial charge on any atom is 0.308 e. The lowest BCUT2D eigenvalue weighted by molar-refractivity contribution is -0.143. The van der Waals surface area contributed by atoms with Gasteiger partial charge in [-0.1, -0.05) is 32.8 Å². The minimum atomic E-state index is -1.02. The van der Waals surface area contributed by atoms with Gasteiger partial charge in [-0.3, -0.25) is 29.0 Å². The van der Waals surface area contributed by atoms with Crippen LogP contribution in [0.15, 0.2) is 36.4 Å². The molecule has 0 saturated carbocycles. The van der Waals surface area contributed by atoms with Crippen LogP contribution in [0.5, 0.6) is 11.5 Å². The first-order valence-corrected chi connectivity index (χ1v) is 15.9. The zero-order valence-corrected chi connectivity index (χ0v) is 26.2. The second kappa shape index (κ2) is 14.0. The van der Waals surface area contributed by atoms with Crippen molar-refractivity contribution in [3.63, 3.8) is 0 Å². The lowest BCUT2D eigenvalue weighted by Gasteiger charge is -2.35. The van der Waals surface area contributed by atoms with Crippen LogP contribution in [0.3, 0.4) is 0 Å². The smallest absolute Gasteiger partial charge is 0.308 e. The monoisotopic (exact) mass is 623 g/mol. The van der Waals surface area contributed by atoms with Gasteiger partial charge in [-0.15, -0.1) is 0 Å². The van der Waals surface area contributed by atoms with Crippen LogP contribution in [-0.2, 0) is 19.2 Å². The zero-order valence-electron chi connectivity index (χ0n) is 26.2. The number of aryl methyl sites for hydroxylation is 1. The van der Waals surface area contributed by atoms with Crippen molar-refractivity contribution in [3.8, 4) is 11.5 Å². The SMILES string of the molecule is CCCC(CCC)N(C(=O)CN1CC(c2ccc3c(c2)OCO3)C(C(=O)O)C1CCN1C(=O)CCC1=O)c1ccc(F)c(C)c1. The summed E-state index contributed by atoms with van der Waals surface area (Å²) in [5.74, 6) is -2.37. The van der Waals surface area contributed by atoms with Crippen LogP contribution in [0.4, 0.5) is 10.1 Å². The number of fused-ring (bicyclic) bond motifs is 1. The number of likely N-dealkylation sites (tertiary alicyclic amines) is 2. The lowest BCUT2D eigenvalue weighted by atomic mass is 9.84. The number of nitrogens with zero attached hydrogens (tertiary/aromatic N) is 3. The molecule has 3 aliphatic heterocycles. The predicted octanol–water partition coefficient (Wildman–Crippen LogP) is 4.87. The van der Waals surface area contributed by atoms with Gasteiger partial charge in [0.05, 0.1) is 12.5 Å². The number of hydrogen-bond acceptors (Lipinski definition) is 7. The molecule has 45 heavy (non-hydrogen) atoms. The summed E-state index contributed by atoms with van der Waals surface area (Å²) in [6.07, 6.45) is 3.74. The number of carbonyl (C=O) groups excluding carboxylic acids is 3. The highest BCUT2D eigenvalue weighted by molar-refractivity contribution is 6.02.